The Labute approximate surface area is 113 Å². The highest BCUT2D eigenvalue weighted by molar-refractivity contribution is 6.29. The Morgan fingerprint density at radius 1 is 1.47 bits per heavy atom. The van der Waals surface area contributed by atoms with Crippen LogP contribution in [-0.2, 0) is 16.0 Å². The summed E-state index contributed by atoms with van der Waals surface area (Å²) >= 11 is 5.63. The molecule has 0 amide bonds. The first-order valence-corrected chi connectivity index (χ1v) is 5.95. The predicted molar refractivity (Wildman–Crippen MR) is 64.9 cm³/mol. The second-order valence-corrected chi connectivity index (χ2v) is 4.44. The molecule has 0 bridgehead atoms. The molecule has 2 heterocycles. The van der Waals surface area contributed by atoms with E-state index in [0.717, 1.165) is 0 Å². The summed E-state index contributed by atoms with van der Waals surface area (Å²) in [5, 5.41) is 2.92. The van der Waals surface area contributed by atoms with Gasteiger partial charge in [0, 0.05) is 12.3 Å². The molecule has 0 fully saturated rings. The van der Waals surface area contributed by atoms with Crippen molar-refractivity contribution in [3.05, 3.63) is 40.8 Å². The molecule has 102 valence electrons. The summed E-state index contributed by atoms with van der Waals surface area (Å²) in [5.41, 5.74) is 0.991. The number of nitrogens with one attached hydrogen (secondary N) is 1. The quantitative estimate of drug-likeness (QED) is 0.664. The van der Waals surface area contributed by atoms with Gasteiger partial charge in [0.2, 0.25) is 0 Å². The van der Waals surface area contributed by atoms with E-state index in [4.69, 9.17) is 11.6 Å². The molecule has 7 heteroatoms. The Kier molecular flexibility index (Phi) is 4.31. The first-order valence-electron chi connectivity index (χ1n) is 5.57. The summed E-state index contributed by atoms with van der Waals surface area (Å²) in [6.45, 7) is 0.000914. The van der Waals surface area contributed by atoms with Crippen LogP contribution >= 0.6 is 11.6 Å². The Bertz CT molecular complexity index is 491. The monoisotopic (exact) mass is 288 g/mol. The Morgan fingerprint density at radius 2 is 2.26 bits per heavy atom. The van der Waals surface area contributed by atoms with Gasteiger partial charge in [-0.3, -0.25) is 0 Å². The number of halogens is 3. The number of hydrogen-bond acceptors (Lipinski definition) is 4. The fraction of sp³-hybridized carbons (Fsp3) is 0.333. The molecule has 1 aliphatic heterocycles. The van der Waals surface area contributed by atoms with Crippen molar-refractivity contribution in [3.8, 4) is 0 Å². The average Bonchev–Trinajstić information content (AvgIpc) is 2.76. The van der Waals surface area contributed by atoms with Crippen LogP contribution in [0.2, 0.25) is 5.15 Å². The minimum absolute atomic E-state index is 0.000914. The number of esters is 1. The lowest BCUT2D eigenvalue weighted by molar-refractivity contribution is -0.134. The SMILES string of the molecule is O=C1C=C(NC(Cc2ccc(Cl)nc2)C(F)F)CO1. The number of hydrogen-bond donors (Lipinski definition) is 1. The van der Waals surface area contributed by atoms with Crippen LogP contribution in [0.15, 0.2) is 30.1 Å². The highest BCUT2D eigenvalue weighted by Crippen LogP contribution is 2.14. The zero-order valence-corrected chi connectivity index (χ0v) is 10.5. The number of aromatic nitrogens is 1. The molecule has 1 aromatic heterocycles. The highest BCUT2D eigenvalue weighted by atomic mass is 35.5. The standard InChI is InChI=1S/C12H11ClF2N2O2/c13-10-2-1-7(5-16-10)3-9(12(14)15)17-8-4-11(18)19-6-8/h1-2,4-5,9,12,17H,3,6H2. The molecule has 0 spiro atoms. The number of cyclic esters (lactones) is 1. The van der Waals surface area contributed by atoms with Crippen LogP contribution in [0, 0.1) is 0 Å². The molecule has 2 rings (SSSR count). The van der Waals surface area contributed by atoms with Crippen LogP contribution in [0.25, 0.3) is 0 Å². The molecule has 1 atom stereocenters. The van der Waals surface area contributed by atoms with Gasteiger partial charge in [-0.2, -0.15) is 0 Å². The van der Waals surface area contributed by atoms with Crippen molar-refractivity contribution >= 4 is 17.6 Å². The summed E-state index contributed by atoms with van der Waals surface area (Å²) in [6, 6.07) is 2.07. The van der Waals surface area contributed by atoms with E-state index >= 15 is 0 Å². The van der Waals surface area contributed by atoms with Gasteiger partial charge in [0.05, 0.1) is 11.7 Å². The second-order valence-electron chi connectivity index (χ2n) is 4.06. The van der Waals surface area contributed by atoms with Crippen LogP contribution in [0.1, 0.15) is 5.56 Å². The first kappa shape index (κ1) is 13.7. The van der Waals surface area contributed by atoms with Crippen LogP contribution in [0.3, 0.4) is 0 Å². The Hall–Kier alpha value is -1.69. The zero-order chi connectivity index (χ0) is 13.8. The number of ether oxygens (including phenoxy) is 1. The third-order valence-corrected chi connectivity index (χ3v) is 2.80. The molecular formula is C12H11ClF2N2O2. The highest BCUT2D eigenvalue weighted by Gasteiger charge is 2.24. The molecule has 0 aromatic carbocycles. The number of nitrogens with zero attached hydrogens (tertiary/aromatic N) is 1. The van der Waals surface area contributed by atoms with E-state index in [1.807, 2.05) is 0 Å². The van der Waals surface area contributed by atoms with Crippen LogP contribution < -0.4 is 5.32 Å². The molecule has 1 aliphatic rings. The van der Waals surface area contributed by atoms with Crippen molar-refractivity contribution < 1.29 is 18.3 Å². The van der Waals surface area contributed by atoms with E-state index in [2.05, 4.69) is 15.0 Å². The van der Waals surface area contributed by atoms with E-state index in [1.165, 1.54) is 12.3 Å². The van der Waals surface area contributed by atoms with Crippen LogP contribution in [-0.4, -0.2) is 30.0 Å². The van der Waals surface area contributed by atoms with Gasteiger partial charge >= 0.3 is 5.97 Å². The number of alkyl halides is 2. The van der Waals surface area contributed by atoms with E-state index in [0.29, 0.717) is 16.4 Å². The lowest BCUT2D eigenvalue weighted by Crippen LogP contribution is -2.37. The van der Waals surface area contributed by atoms with E-state index < -0.39 is 18.4 Å². The van der Waals surface area contributed by atoms with Crippen LogP contribution in [0.4, 0.5) is 8.78 Å². The number of carbonyl (C=O) groups excluding carboxylic acids is 1. The second kappa shape index (κ2) is 5.97. The van der Waals surface area contributed by atoms with Gasteiger partial charge in [-0.1, -0.05) is 17.7 Å². The molecule has 4 nitrogen and oxygen atoms in total. The van der Waals surface area contributed by atoms with Crippen molar-refractivity contribution in [2.45, 2.75) is 18.9 Å². The molecule has 0 saturated carbocycles. The summed E-state index contributed by atoms with van der Waals surface area (Å²) in [4.78, 5) is 14.7. The average molecular weight is 289 g/mol. The molecule has 1 unspecified atom stereocenters. The number of rotatable bonds is 5. The fourth-order valence-corrected chi connectivity index (χ4v) is 1.79. The smallest absolute Gasteiger partial charge is 0.333 e. The van der Waals surface area contributed by atoms with E-state index in [1.54, 1.807) is 12.1 Å². The lowest BCUT2D eigenvalue weighted by atomic mass is 10.1. The third kappa shape index (κ3) is 3.89. The topological polar surface area (TPSA) is 51.2 Å². The third-order valence-electron chi connectivity index (χ3n) is 2.58. The van der Waals surface area contributed by atoms with Gasteiger partial charge in [-0.05, 0) is 18.1 Å². The van der Waals surface area contributed by atoms with Crippen molar-refractivity contribution in [2.75, 3.05) is 6.61 Å². The normalized spacial score (nSPS) is 16.2. The minimum atomic E-state index is -2.58. The van der Waals surface area contributed by atoms with Gasteiger partial charge in [0.1, 0.15) is 11.8 Å². The molecule has 19 heavy (non-hydrogen) atoms. The van der Waals surface area contributed by atoms with Crippen LogP contribution in [0.5, 0.6) is 0 Å². The van der Waals surface area contributed by atoms with Gasteiger partial charge in [0.15, 0.2) is 0 Å². The molecule has 1 N–H and O–H groups in total. The maximum Gasteiger partial charge on any atom is 0.333 e. The fourth-order valence-electron chi connectivity index (χ4n) is 1.68. The number of carbonyl (C=O) groups is 1. The van der Waals surface area contributed by atoms with Crippen molar-refractivity contribution in [2.24, 2.45) is 0 Å². The summed E-state index contributed by atoms with van der Waals surface area (Å²) < 4.78 is 30.5. The van der Waals surface area contributed by atoms with E-state index in [9.17, 15) is 13.6 Å². The molecular weight excluding hydrogens is 278 g/mol. The zero-order valence-electron chi connectivity index (χ0n) is 9.78. The van der Waals surface area contributed by atoms with E-state index in [-0.39, 0.29) is 13.0 Å². The van der Waals surface area contributed by atoms with Gasteiger partial charge in [-0.25, -0.2) is 18.6 Å². The van der Waals surface area contributed by atoms with Gasteiger partial charge in [0.25, 0.3) is 6.43 Å². The Morgan fingerprint density at radius 3 is 2.79 bits per heavy atom. The number of pyridine rings is 1. The molecule has 0 radical (unpaired) electrons. The summed E-state index contributed by atoms with van der Waals surface area (Å²) in [6.07, 6.45) is 0.125. The van der Waals surface area contributed by atoms with Gasteiger partial charge in [-0.15, -0.1) is 0 Å². The largest absolute Gasteiger partial charge is 0.456 e. The van der Waals surface area contributed by atoms with Crippen molar-refractivity contribution in [3.63, 3.8) is 0 Å². The molecule has 0 aliphatic carbocycles. The molecule has 0 saturated heterocycles. The maximum atomic E-state index is 13.0. The lowest BCUT2D eigenvalue weighted by Gasteiger charge is -2.19. The summed E-state index contributed by atoms with van der Waals surface area (Å²) in [5.74, 6) is -0.524. The van der Waals surface area contributed by atoms with Crippen molar-refractivity contribution in [1.29, 1.82) is 0 Å². The maximum absolute atomic E-state index is 13.0. The summed E-state index contributed by atoms with van der Waals surface area (Å²) in [7, 11) is 0. The minimum Gasteiger partial charge on any atom is -0.456 e. The first-order chi connectivity index (χ1) is 9.04. The predicted octanol–water partition coefficient (Wildman–Crippen LogP) is 1.94. The Balaban J connectivity index is 2.02. The molecule has 1 aromatic rings. The van der Waals surface area contributed by atoms with Gasteiger partial charge < -0.3 is 10.1 Å². The van der Waals surface area contributed by atoms with Crippen molar-refractivity contribution in [1.82, 2.24) is 10.3 Å².